The number of aldehydes is 1. The summed E-state index contributed by atoms with van der Waals surface area (Å²) in [5, 5.41) is 5.23. The topological polar surface area (TPSA) is 58.2 Å². The Labute approximate surface area is 129 Å². The number of halogens is 2. The molecule has 1 aromatic carbocycles. The van der Waals surface area contributed by atoms with E-state index >= 15 is 0 Å². The number of amides is 1. The van der Waals surface area contributed by atoms with Gasteiger partial charge in [-0.05, 0) is 24.0 Å². The first kappa shape index (κ1) is 18.1. The van der Waals surface area contributed by atoms with Crippen LogP contribution in [0.1, 0.15) is 39.2 Å². The molecule has 0 aliphatic rings. The van der Waals surface area contributed by atoms with Crippen LogP contribution in [0.15, 0.2) is 12.1 Å². The number of benzene rings is 1. The Morgan fingerprint density at radius 1 is 1.27 bits per heavy atom. The molecular weight excluding hydrogens is 290 g/mol. The predicted molar refractivity (Wildman–Crippen MR) is 81.8 cm³/mol. The van der Waals surface area contributed by atoms with Crippen molar-refractivity contribution in [2.24, 2.45) is 0 Å². The maximum absolute atomic E-state index is 14.2. The predicted octanol–water partition coefficient (Wildman–Crippen LogP) is 2.77. The minimum atomic E-state index is -0.727. The van der Waals surface area contributed by atoms with Gasteiger partial charge in [0.05, 0.1) is 0 Å². The van der Waals surface area contributed by atoms with Gasteiger partial charge in [-0.15, -0.1) is 0 Å². The molecule has 0 heterocycles. The molecule has 4 nitrogen and oxygen atoms in total. The molecule has 0 saturated carbocycles. The highest BCUT2D eigenvalue weighted by atomic mass is 19.1. The highest BCUT2D eigenvalue weighted by molar-refractivity contribution is 5.84. The van der Waals surface area contributed by atoms with Gasteiger partial charge in [-0.3, -0.25) is 4.79 Å². The van der Waals surface area contributed by atoms with Crippen LogP contribution in [-0.2, 0) is 15.0 Å². The van der Waals surface area contributed by atoms with Gasteiger partial charge in [-0.1, -0.05) is 20.8 Å². The van der Waals surface area contributed by atoms with Gasteiger partial charge in [0.15, 0.2) is 0 Å². The molecule has 22 heavy (non-hydrogen) atoms. The Bertz CT molecular complexity index is 531. The molecule has 0 saturated heterocycles. The number of likely N-dealkylation sites (N-methyl/N-ethyl adjacent to an activating group) is 1. The second kappa shape index (κ2) is 7.33. The summed E-state index contributed by atoms with van der Waals surface area (Å²) in [5.41, 5.74) is -0.491. The third-order valence-electron chi connectivity index (χ3n) is 3.27. The molecule has 1 unspecified atom stereocenters. The quantitative estimate of drug-likeness (QED) is 0.794. The summed E-state index contributed by atoms with van der Waals surface area (Å²) in [5.74, 6) is -1.68. The van der Waals surface area contributed by atoms with Crippen molar-refractivity contribution in [1.29, 1.82) is 0 Å². The first-order valence-corrected chi connectivity index (χ1v) is 7.12. The highest BCUT2D eigenvalue weighted by Crippen LogP contribution is 2.30. The minimum Gasteiger partial charge on any atom is -0.374 e. The van der Waals surface area contributed by atoms with Crippen molar-refractivity contribution in [1.82, 2.24) is 5.32 Å². The summed E-state index contributed by atoms with van der Waals surface area (Å²) in [6.45, 7) is 5.16. The van der Waals surface area contributed by atoms with Crippen molar-refractivity contribution in [2.45, 2.75) is 45.1 Å². The van der Waals surface area contributed by atoms with Crippen LogP contribution in [0.3, 0.4) is 0 Å². The van der Waals surface area contributed by atoms with Crippen molar-refractivity contribution in [2.75, 3.05) is 12.4 Å². The second-order valence-corrected chi connectivity index (χ2v) is 6.12. The zero-order chi connectivity index (χ0) is 16.9. The van der Waals surface area contributed by atoms with Crippen LogP contribution in [0, 0.1) is 11.6 Å². The van der Waals surface area contributed by atoms with Crippen molar-refractivity contribution in [3.63, 3.8) is 0 Å². The molecule has 1 aromatic rings. The van der Waals surface area contributed by atoms with E-state index < -0.39 is 23.1 Å². The highest BCUT2D eigenvalue weighted by Gasteiger charge is 2.25. The molecule has 0 fully saturated rings. The molecule has 122 valence electrons. The van der Waals surface area contributed by atoms with Gasteiger partial charge in [0.2, 0.25) is 5.91 Å². The number of nitrogens with one attached hydrogen (secondary N) is 2. The molecule has 1 rings (SSSR count). The van der Waals surface area contributed by atoms with Crippen LogP contribution in [0.25, 0.3) is 0 Å². The molecule has 0 radical (unpaired) electrons. The lowest BCUT2D eigenvalue weighted by Gasteiger charge is -2.23. The fourth-order valence-corrected chi connectivity index (χ4v) is 2.25. The number of hydrogen-bond acceptors (Lipinski definition) is 3. The van der Waals surface area contributed by atoms with Crippen LogP contribution in [-0.4, -0.2) is 25.3 Å². The van der Waals surface area contributed by atoms with Crippen LogP contribution < -0.4 is 10.6 Å². The maximum Gasteiger partial charge on any atom is 0.242 e. The zero-order valence-corrected chi connectivity index (χ0v) is 13.3. The Kier molecular flexibility index (Phi) is 6.02. The maximum atomic E-state index is 14.2. The van der Waals surface area contributed by atoms with Crippen molar-refractivity contribution >= 4 is 17.9 Å². The van der Waals surface area contributed by atoms with Crippen molar-refractivity contribution in [3.05, 3.63) is 29.3 Å². The van der Waals surface area contributed by atoms with E-state index in [1.165, 1.54) is 19.2 Å². The summed E-state index contributed by atoms with van der Waals surface area (Å²) in [6, 6.07) is 1.61. The average molecular weight is 312 g/mol. The van der Waals surface area contributed by atoms with Crippen LogP contribution in [0.2, 0.25) is 0 Å². The lowest BCUT2D eigenvalue weighted by Crippen LogP contribution is -2.37. The van der Waals surface area contributed by atoms with E-state index in [1.54, 1.807) is 20.8 Å². The number of hydrogen-bond donors (Lipinski definition) is 2. The van der Waals surface area contributed by atoms with Gasteiger partial charge in [0.1, 0.15) is 24.0 Å². The Hall–Kier alpha value is -1.98. The van der Waals surface area contributed by atoms with E-state index in [4.69, 9.17) is 0 Å². The smallest absolute Gasteiger partial charge is 0.242 e. The molecule has 1 amide bonds. The molecule has 0 aliphatic heterocycles. The van der Waals surface area contributed by atoms with Gasteiger partial charge in [0.25, 0.3) is 0 Å². The fraction of sp³-hybridized carbons (Fsp3) is 0.500. The van der Waals surface area contributed by atoms with Gasteiger partial charge in [0, 0.05) is 24.7 Å². The molecule has 1 atom stereocenters. The minimum absolute atomic E-state index is 0.00225. The van der Waals surface area contributed by atoms with Gasteiger partial charge < -0.3 is 15.4 Å². The molecule has 0 spiro atoms. The molecule has 0 aliphatic carbocycles. The molecular formula is C16H22F2N2O2. The standard InChI is InChI=1S/C16H22F2N2O2/c1-16(2,3)14-11(17)8-10(9-12(14)18)20-13(6-5-7-21)15(22)19-4/h7-9,13,20H,5-6H2,1-4H3,(H,19,22). The average Bonchev–Trinajstić information content (AvgIpc) is 2.40. The van der Waals surface area contributed by atoms with Crippen LogP contribution in [0.4, 0.5) is 14.5 Å². The summed E-state index contributed by atoms with van der Waals surface area (Å²) in [6.07, 6.45) is 1.12. The molecule has 2 N–H and O–H groups in total. The third kappa shape index (κ3) is 4.51. The van der Waals surface area contributed by atoms with E-state index in [0.717, 1.165) is 0 Å². The largest absolute Gasteiger partial charge is 0.374 e. The second-order valence-electron chi connectivity index (χ2n) is 6.12. The zero-order valence-electron chi connectivity index (χ0n) is 13.3. The normalized spacial score (nSPS) is 12.6. The lowest BCUT2D eigenvalue weighted by atomic mass is 9.86. The first-order chi connectivity index (χ1) is 10.2. The van der Waals surface area contributed by atoms with Gasteiger partial charge >= 0.3 is 0 Å². The van der Waals surface area contributed by atoms with Gasteiger partial charge in [-0.25, -0.2) is 8.78 Å². The lowest BCUT2D eigenvalue weighted by molar-refractivity contribution is -0.121. The Morgan fingerprint density at radius 2 is 1.82 bits per heavy atom. The van der Waals surface area contributed by atoms with Gasteiger partial charge in [-0.2, -0.15) is 0 Å². The number of anilines is 1. The summed E-state index contributed by atoms with van der Waals surface area (Å²) in [7, 11) is 1.46. The van der Waals surface area contributed by atoms with E-state index in [0.29, 0.717) is 6.29 Å². The van der Waals surface area contributed by atoms with Crippen molar-refractivity contribution < 1.29 is 18.4 Å². The fourth-order valence-electron chi connectivity index (χ4n) is 2.25. The van der Waals surface area contributed by atoms with E-state index in [1.807, 2.05) is 0 Å². The number of carbonyl (C=O) groups excluding carboxylic acids is 2. The molecule has 0 aromatic heterocycles. The third-order valence-corrected chi connectivity index (χ3v) is 3.27. The summed E-state index contributed by atoms with van der Waals surface area (Å²) in [4.78, 5) is 22.2. The Balaban J connectivity index is 3.06. The molecule has 6 heteroatoms. The summed E-state index contributed by atoms with van der Waals surface area (Å²) >= 11 is 0. The van der Waals surface area contributed by atoms with E-state index in [-0.39, 0.29) is 30.0 Å². The first-order valence-electron chi connectivity index (χ1n) is 7.12. The van der Waals surface area contributed by atoms with E-state index in [2.05, 4.69) is 10.6 Å². The van der Waals surface area contributed by atoms with E-state index in [9.17, 15) is 18.4 Å². The monoisotopic (exact) mass is 312 g/mol. The summed E-state index contributed by atoms with van der Waals surface area (Å²) < 4.78 is 28.3. The van der Waals surface area contributed by atoms with Crippen LogP contribution >= 0.6 is 0 Å². The SMILES string of the molecule is CNC(=O)C(CCC=O)Nc1cc(F)c(C(C)(C)C)c(F)c1. The molecule has 0 bridgehead atoms. The van der Waals surface area contributed by atoms with Crippen molar-refractivity contribution in [3.8, 4) is 0 Å². The number of rotatable bonds is 6. The van der Waals surface area contributed by atoms with Crippen LogP contribution in [0.5, 0.6) is 0 Å². The number of carbonyl (C=O) groups is 2. The Morgan fingerprint density at radius 3 is 2.23 bits per heavy atom.